The van der Waals surface area contributed by atoms with Crippen LogP contribution in [0.3, 0.4) is 0 Å². The van der Waals surface area contributed by atoms with Crippen LogP contribution in [0.4, 0.5) is 0 Å². The number of benzene rings is 2. The molecule has 3 aromatic rings. The maximum absolute atomic E-state index is 4.88. The van der Waals surface area contributed by atoms with Crippen molar-refractivity contribution < 1.29 is 0 Å². The highest BCUT2D eigenvalue weighted by Gasteiger charge is 2.24. The van der Waals surface area contributed by atoms with E-state index >= 15 is 0 Å². The van der Waals surface area contributed by atoms with Gasteiger partial charge in [0.05, 0.1) is 17.1 Å². The summed E-state index contributed by atoms with van der Waals surface area (Å²) in [4.78, 5) is 4.88. The Balaban J connectivity index is 1.78. The SMILES string of the molecule is CCn1c(C2Cc3ccccc3CN2)nc2ccccc21. The highest BCUT2D eigenvalue weighted by Crippen LogP contribution is 2.27. The van der Waals surface area contributed by atoms with E-state index in [1.165, 1.54) is 16.6 Å². The van der Waals surface area contributed by atoms with Crippen LogP contribution in [0.2, 0.25) is 0 Å². The van der Waals surface area contributed by atoms with Crippen LogP contribution in [-0.4, -0.2) is 9.55 Å². The molecular weight excluding hydrogens is 258 g/mol. The van der Waals surface area contributed by atoms with Gasteiger partial charge in [0.15, 0.2) is 0 Å². The lowest BCUT2D eigenvalue weighted by atomic mass is 9.95. The van der Waals surface area contributed by atoms with Crippen LogP contribution >= 0.6 is 0 Å². The number of aromatic nitrogens is 2. The summed E-state index contributed by atoms with van der Waals surface area (Å²) in [5.41, 5.74) is 5.18. The van der Waals surface area contributed by atoms with Crippen molar-refractivity contribution in [1.29, 1.82) is 0 Å². The zero-order chi connectivity index (χ0) is 14.2. The van der Waals surface area contributed by atoms with Gasteiger partial charge in [-0.05, 0) is 36.6 Å². The summed E-state index contributed by atoms with van der Waals surface area (Å²) in [6, 6.07) is 17.4. The Labute approximate surface area is 124 Å². The second-order valence-corrected chi connectivity index (χ2v) is 5.61. The van der Waals surface area contributed by atoms with Crippen molar-refractivity contribution in [2.24, 2.45) is 0 Å². The molecule has 0 bridgehead atoms. The van der Waals surface area contributed by atoms with Gasteiger partial charge in [-0.25, -0.2) is 4.98 Å². The first-order valence-electron chi connectivity index (χ1n) is 7.62. The number of rotatable bonds is 2. The minimum Gasteiger partial charge on any atom is -0.327 e. The number of fused-ring (bicyclic) bond motifs is 2. The number of hydrogen-bond acceptors (Lipinski definition) is 2. The van der Waals surface area contributed by atoms with E-state index in [-0.39, 0.29) is 0 Å². The Kier molecular flexibility index (Phi) is 3.00. The van der Waals surface area contributed by atoms with E-state index < -0.39 is 0 Å². The van der Waals surface area contributed by atoms with Crippen LogP contribution in [0.25, 0.3) is 11.0 Å². The minimum atomic E-state index is 0.298. The monoisotopic (exact) mass is 277 g/mol. The van der Waals surface area contributed by atoms with Crippen LogP contribution in [0, 0.1) is 0 Å². The molecule has 1 N–H and O–H groups in total. The molecule has 1 unspecified atom stereocenters. The summed E-state index contributed by atoms with van der Waals surface area (Å²) in [5.74, 6) is 1.16. The fourth-order valence-corrected chi connectivity index (χ4v) is 3.33. The molecule has 0 saturated heterocycles. The molecule has 106 valence electrons. The molecule has 4 rings (SSSR count). The largest absolute Gasteiger partial charge is 0.327 e. The number of nitrogens with zero attached hydrogens (tertiary/aromatic N) is 2. The van der Waals surface area contributed by atoms with E-state index in [1.807, 2.05) is 0 Å². The van der Waals surface area contributed by atoms with Crippen molar-refractivity contribution in [1.82, 2.24) is 14.9 Å². The maximum atomic E-state index is 4.88. The summed E-state index contributed by atoms with van der Waals surface area (Å²) < 4.78 is 2.33. The first kappa shape index (κ1) is 12.6. The van der Waals surface area contributed by atoms with Gasteiger partial charge in [-0.3, -0.25) is 0 Å². The zero-order valence-corrected chi connectivity index (χ0v) is 12.2. The van der Waals surface area contributed by atoms with Gasteiger partial charge >= 0.3 is 0 Å². The summed E-state index contributed by atoms with van der Waals surface area (Å²) in [5, 5.41) is 3.64. The smallest absolute Gasteiger partial charge is 0.127 e. The van der Waals surface area contributed by atoms with Crippen molar-refractivity contribution in [3.63, 3.8) is 0 Å². The molecule has 1 aliphatic heterocycles. The van der Waals surface area contributed by atoms with Gasteiger partial charge < -0.3 is 9.88 Å². The van der Waals surface area contributed by atoms with Crippen LogP contribution in [-0.2, 0) is 19.5 Å². The average molecular weight is 277 g/mol. The lowest BCUT2D eigenvalue weighted by Crippen LogP contribution is -2.30. The fourth-order valence-electron chi connectivity index (χ4n) is 3.33. The predicted octanol–water partition coefficient (Wildman–Crippen LogP) is 3.44. The summed E-state index contributed by atoms with van der Waals surface area (Å²) >= 11 is 0. The van der Waals surface area contributed by atoms with Gasteiger partial charge in [-0.2, -0.15) is 0 Å². The molecule has 21 heavy (non-hydrogen) atoms. The Hall–Kier alpha value is -2.13. The van der Waals surface area contributed by atoms with Gasteiger partial charge in [0, 0.05) is 13.1 Å². The summed E-state index contributed by atoms with van der Waals surface area (Å²) in [6.07, 6.45) is 1.01. The van der Waals surface area contributed by atoms with Gasteiger partial charge in [0.2, 0.25) is 0 Å². The molecule has 3 nitrogen and oxygen atoms in total. The number of aryl methyl sites for hydroxylation is 1. The normalized spacial score (nSPS) is 17.9. The van der Waals surface area contributed by atoms with Crippen molar-refractivity contribution in [2.75, 3.05) is 0 Å². The number of nitrogens with one attached hydrogen (secondary N) is 1. The van der Waals surface area contributed by atoms with Crippen molar-refractivity contribution >= 4 is 11.0 Å². The highest BCUT2D eigenvalue weighted by molar-refractivity contribution is 5.76. The Morgan fingerprint density at radius 2 is 1.86 bits per heavy atom. The fraction of sp³-hybridized carbons (Fsp3) is 0.278. The topological polar surface area (TPSA) is 29.9 Å². The molecule has 1 atom stereocenters. The Morgan fingerprint density at radius 3 is 2.71 bits per heavy atom. The van der Waals surface area contributed by atoms with E-state index in [0.717, 1.165) is 30.9 Å². The molecule has 1 aromatic heterocycles. The second-order valence-electron chi connectivity index (χ2n) is 5.61. The van der Waals surface area contributed by atoms with Crippen LogP contribution in [0.5, 0.6) is 0 Å². The van der Waals surface area contributed by atoms with Gasteiger partial charge in [0.1, 0.15) is 5.82 Å². The van der Waals surface area contributed by atoms with Crippen LogP contribution in [0.15, 0.2) is 48.5 Å². The predicted molar refractivity (Wildman–Crippen MR) is 85.1 cm³/mol. The summed E-state index contributed by atoms with van der Waals surface area (Å²) in [7, 11) is 0. The molecule has 0 amide bonds. The van der Waals surface area contributed by atoms with Crippen LogP contribution < -0.4 is 5.32 Å². The van der Waals surface area contributed by atoms with E-state index in [0.29, 0.717) is 6.04 Å². The lowest BCUT2D eigenvalue weighted by Gasteiger charge is -2.26. The van der Waals surface area contributed by atoms with Gasteiger partial charge in [0.25, 0.3) is 0 Å². The zero-order valence-electron chi connectivity index (χ0n) is 12.2. The van der Waals surface area contributed by atoms with Crippen molar-refractivity contribution in [2.45, 2.75) is 32.5 Å². The molecule has 3 heteroatoms. The molecular formula is C18H19N3. The standard InChI is InChI=1S/C18H19N3/c1-2-21-17-10-6-5-9-15(17)20-18(21)16-11-13-7-3-4-8-14(13)12-19-16/h3-10,16,19H,2,11-12H2,1H3. The summed E-state index contributed by atoms with van der Waals surface area (Å²) in [6.45, 7) is 4.07. The average Bonchev–Trinajstić information content (AvgIpc) is 2.93. The van der Waals surface area contributed by atoms with E-state index in [4.69, 9.17) is 4.98 Å². The molecule has 2 aromatic carbocycles. The lowest BCUT2D eigenvalue weighted by molar-refractivity contribution is 0.460. The maximum Gasteiger partial charge on any atom is 0.127 e. The molecule has 0 fully saturated rings. The van der Waals surface area contributed by atoms with Crippen molar-refractivity contribution in [3.05, 3.63) is 65.5 Å². The third-order valence-electron chi connectivity index (χ3n) is 4.39. The Morgan fingerprint density at radius 1 is 1.10 bits per heavy atom. The number of imidazole rings is 1. The number of para-hydroxylation sites is 2. The Bertz CT molecular complexity index is 788. The number of hydrogen-bond donors (Lipinski definition) is 1. The van der Waals surface area contributed by atoms with E-state index in [1.54, 1.807) is 0 Å². The molecule has 2 heterocycles. The molecule has 0 spiro atoms. The first-order chi connectivity index (χ1) is 10.4. The van der Waals surface area contributed by atoms with E-state index in [9.17, 15) is 0 Å². The van der Waals surface area contributed by atoms with Gasteiger partial charge in [-0.15, -0.1) is 0 Å². The molecule has 0 radical (unpaired) electrons. The third kappa shape index (κ3) is 2.05. The quantitative estimate of drug-likeness (QED) is 0.777. The van der Waals surface area contributed by atoms with E-state index in [2.05, 4.69) is 65.3 Å². The molecule has 0 saturated carbocycles. The van der Waals surface area contributed by atoms with Crippen LogP contribution in [0.1, 0.15) is 29.9 Å². The van der Waals surface area contributed by atoms with Gasteiger partial charge in [-0.1, -0.05) is 36.4 Å². The second kappa shape index (κ2) is 5.01. The molecule has 0 aliphatic carbocycles. The third-order valence-corrected chi connectivity index (χ3v) is 4.39. The highest BCUT2D eigenvalue weighted by atomic mass is 15.1. The first-order valence-corrected chi connectivity index (χ1v) is 7.62. The van der Waals surface area contributed by atoms with Crippen molar-refractivity contribution in [3.8, 4) is 0 Å². The molecule has 1 aliphatic rings. The minimum absolute atomic E-state index is 0.298.